The molecular weight excluding hydrogens is 138 g/mol. The van der Waals surface area contributed by atoms with E-state index in [2.05, 4.69) is 12.2 Å². The van der Waals surface area contributed by atoms with E-state index in [0.717, 1.165) is 12.3 Å². The van der Waals surface area contributed by atoms with Crippen LogP contribution in [0.3, 0.4) is 0 Å². The molecule has 0 spiro atoms. The zero-order valence-corrected chi connectivity index (χ0v) is 7.18. The number of hydrogen-bond acceptors (Lipinski definition) is 1. The molecule has 1 aliphatic rings. The third-order valence-corrected chi connectivity index (χ3v) is 2.34. The van der Waals surface area contributed by atoms with Gasteiger partial charge in [-0.1, -0.05) is 19.8 Å². The molecule has 11 heavy (non-hydrogen) atoms. The molecular formula is C9H17NO. The molecule has 1 rings (SSSR count). The highest BCUT2D eigenvalue weighted by atomic mass is 16.1. The van der Waals surface area contributed by atoms with Crippen LogP contribution < -0.4 is 5.32 Å². The Hall–Kier alpha value is -0.530. The molecule has 0 aromatic carbocycles. The van der Waals surface area contributed by atoms with Crippen LogP contribution in [0.4, 0.5) is 0 Å². The molecule has 1 fully saturated rings. The van der Waals surface area contributed by atoms with E-state index >= 15 is 0 Å². The van der Waals surface area contributed by atoms with E-state index in [0.29, 0.717) is 6.04 Å². The molecule has 1 amide bonds. The summed E-state index contributed by atoms with van der Waals surface area (Å²) < 4.78 is 0. The maximum Gasteiger partial charge on any atom is 0.207 e. The lowest BCUT2D eigenvalue weighted by molar-refractivity contribution is -0.110. The van der Waals surface area contributed by atoms with E-state index in [1.165, 1.54) is 32.1 Å². The SMILES string of the molecule is CCCCC(NC=O)C1CC1. The minimum Gasteiger partial charge on any atom is -0.356 e. The third-order valence-electron chi connectivity index (χ3n) is 2.34. The second kappa shape index (κ2) is 4.37. The fourth-order valence-electron chi connectivity index (χ4n) is 1.47. The highest BCUT2D eigenvalue weighted by molar-refractivity contribution is 5.46. The van der Waals surface area contributed by atoms with Crippen LogP contribution in [-0.4, -0.2) is 12.5 Å². The first-order chi connectivity index (χ1) is 5.38. The van der Waals surface area contributed by atoms with Crippen LogP contribution in [0.5, 0.6) is 0 Å². The Morgan fingerprint density at radius 3 is 2.82 bits per heavy atom. The maximum absolute atomic E-state index is 10.2. The number of hydrogen-bond donors (Lipinski definition) is 1. The number of amides is 1. The summed E-state index contributed by atoms with van der Waals surface area (Å²) in [4.78, 5) is 10.2. The summed E-state index contributed by atoms with van der Waals surface area (Å²) >= 11 is 0. The van der Waals surface area contributed by atoms with Gasteiger partial charge in [0.2, 0.25) is 6.41 Å². The van der Waals surface area contributed by atoms with Crippen molar-refractivity contribution in [1.29, 1.82) is 0 Å². The molecule has 1 unspecified atom stereocenters. The maximum atomic E-state index is 10.2. The first kappa shape index (κ1) is 8.57. The van der Waals surface area contributed by atoms with Crippen LogP contribution in [0.15, 0.2) is 0 Å². The average molecular weight is 155 g/mol. The zero-order chi connectivity index (χ0) is 8.10. The second-order valence-electron chi connectivity index (χ2n) is 3.37. The quantitative estimate of drug-likeness (QED) is 0.581. The lowest BCUT2D eigenvalue weighted by Crippen LogP contribution is -2.29. The molecule has 0 bridgehead atoms. The van der Waals surface area contributed by atoms with Gasteiger partial charge in [-0.05, 0) is 25.2 Å². The predicted octanol–water partition coefficient (Wildman–Crippen LogP) is 1.70. The Kier molecular flexibility index (Phi) is 3.40. The van der Waals surface area contributed by atoms with E-state index in [-0.39, 0.29) is 0 Å². The van der Waals surface area contributed by atoms with Crippen molar-refractivity contribution in [3.8, 4) is 0 Å². The first-order valence-electron chi connectivity index (χ1n) is 4.58. The highest BCUT2D eigenvalue weighted by Crippen LogP contribution is 2.34. The Bertz CT molecular complexity index is 121. The fraction of sp³-hybridized carbons (Fsp3) is 0.889. The molecule has 1 N–H and O–H groups in total. The van der Waals surface area contributed by atoms with E-state index in [4.69, 9.17) is 0 Å². The van der Waals surface area contributed by atoms with Gasteiger partial charge in [-0.15, -0.1) is 0 Å². The summed E-state index contributed by atoms with van der Waals surface area (Å²) in [6.07, 6.45) is 7.11. The van der Waals surface area contributed by atoms with Crippen molar-refractivity contribution in [2.24, 2.45) is 5.92 Å². The van der Waals surface area contributed by atoms with Gasteiger partial charge in [0, 0.05) is 6.04 Å². The number of carbonyl (C=O) groups is 1. The zero-order valence-electron chi connectivity index (χ0n) is 7.18. The van der Waals surface area contributed by atoms with Gasteiger partial charge in [0.05, 0.1) is 0 Å². The van der Waals surface area contributed by atoms with Crippen LogP contribution in [0, 0.1) is 5.92 Å². The molecule has 0 saturated heterocycles. The predicted molar refractivity (Wildman–Crippen MR) is 45.2 cm³/mol. The van der Waals surface area contributed by atoms with Gasteiger partial charge in [-0.2, -0.15) is 0 Å². The van der Waals surface area contributed by atoms with Crippen LogP contribution >= 0.6 is 0 Å². The molecule has 0 heterocycles. The highest BCUT2D eigenvalue weighted by Gasteiger charge is 2.29. The van der Waals surface area contributed by atoms with Crippen LogP contribution in [0.2, 0.25) is 0 Å². The molecule has 1 aliphatic carbocycles. The number of unbranched alkanes of at least 4 members (excludes halogenated alkanes) is 1. The van der Waals surface area contributed by atoms with Gasteiger partial charge in [-0.25, -0.2) is 0 Å². The van der Waals surface area contributed by atoms with Crippen molar-refractivity contribution in [2.75, 3.05) is 0 Å². The summed E-state index contributed by atoms with van der Waals surface area (Å²) in [7, 11) is 0. The molecule has 1 saturated carbocycles. The van der Waals surface area contributed by atoms with Crippen LogP contribution in [0.1, 0.15) is 39.0 Å². The summed E-state index contributed by atoms with van der Waals surface area (Å²) in [5.74, 6) is 0.798. The normalized spacial score (nSPS) is 19.4. The monoisotopic (exact) mass is 155 g/mol. The van der Waals surface area contributed by atoms with Crippen molar-refractivity contribution in [3.63, 3.8) is 0 Å². The summed E-state index contributed by atoms with van der Waals surface area (Å²) in [5, 5.41) is 2.90. The van der Waals surface area contributed by atoms with Gasteiger partial charge < -0.3 is 5.32 Å². The van der Waals surface area contributed by atoms with Crippen LogP contribution in [0.25, 0.3) is 0 Å². The second-order valence-corrected chi connectivity index (χ2v) is 3.37. The lowest BCUT2D eigenvalue weighted by Gasteiger charge is -2.13. The molecule has 0 aromatic rings. The molecule has 64 valence electrons. The van der Waals surface area contributed by atoms with Gasteiger partial charge >= 0.3 is 0 Å². The van der Waals surface area contributed by atoms with E-state index in [9.17, 15) is 4.79 Å². The van der Waals surface area contributed by atoms with Crippen molar-refractivity contribution >= 4 is 6.41 Å². The van der Waals surface area contributed by atoms with Gasteiger partial charge in [-0.3, -0.25) is 4.79 Å². The number of rotatable bonds is 6. The summed E-state index contributed by atoms with van der Waals surface area (Å²) in [6.45, 7) is 2.19. The Labute approximate surface area is 68.4 Å². The lowest BCUT2D eigenvalue weighted by atomic mass is 10.1. The fourth-order valence-corrected chi connectivity index (χ4v) is 1.47. The van der Waals surface area contributed by atoms with Gasteiger partial charge in [0.1, 0.15) is 0 Å². The molecule has 1 atom stereocenters. The minimum absolute atomic E-state index is 0.479. The van der Waals surface area contributed by atoms with Crippen LogP contribution in [-0.2, 0) is 4.79 Å². The molecule has 2 heteroatoms. The molecule has 0 radical (unpaired) electrons. The summed E-state index contributed by atoms with van der Waals surface area (Å²) in [6, 6.07) is 0.479. The average Bonchev–Trinajstić information content (AvgIpc) is 2.80. The molecule has 2 nitrogen and oxygen atoms in total. The topological polar surface area (TPSA) is 29.1 Å². The summed E-state index contributed by atoms with van der Waals surface area (Å²) in [5.41, 5.74) is 0. The van der Waals surface area contributed by atoms with Crippen molar-refractivity contribution in [2.45, 2.75) is 45.1 Å². The Morgan fingerprint density at radius 2 is 2.36 bits per heavy atom. The van der Waals surface area contributed by atoms with Crippen molar-refractivity contribution < 1.29 is 4.79 Å². The van der Waals surface area contributed by atoms with Gasteiger partial charge in [0.15, 0.2) is 0 Å². The smallest absolute Gasteiger partial charge is 0.207 e. The molecule has 0 aromatic heterocycles. The van der Waals surface area contributed by atoms with E-state index in [1.807, 2.05) is 0 Å². The standard InChI is InChI=1S/C9H17NO/c1-2-3-4-9(10-7-11)8-5-6-8/h7-9H,2-6H2,1H3,(H,10,11). The van der Waals surface area contributed by atoms with Crippen molar-refractivity contribution in [3.05, 3.63) is 0 Å². The van der Waals surface area contributed by atoms with Gasteiger partial charge in [0.25, 0.3) is 0 Å². The van der Waals surface area contributed by atoms with E-state index < -0.39 is 0 Å². The largest absolute Gasteiger partial charge is 0.356 e. The Morgan fingerprint density at radius 1 is 1.64 bits per heavy atom. The third kappa shape index (κ3) is 2.91. The number of carbonyl (C=O) groups excluding carboxylic acids is 1. The van der Waals surface area contributed by atoms with E-state index in [1.54, 1.807) is 0 Å². The number of nitrogens with one attached hydrogen (secondary N) is 1. The molecule has 0 aliphatic heterocycles. The van der Waals surface area contributed by atoms with Crippen molar-refractivity contribution in [1.82, 2.24) is 5.32 Å². The Balaban J connectivity index is 2.15. The minimum atomic E-state index is 0.479. The first-order valence-corrected chi connectivity index (χ1v) is 4.58.